The van der Waals surface area contributed by atoms with Gasteiger partial charge in [-0.15, -0.1) is 0 Å². The Bertz CT molecular complexity index is 613. The van der Waals surface area contributed by atoms with Crippen LogP contribution >= 0.6 is 0 Å². The Kier molecular flexibility index (Phi) is 2.48. The molecule has 4 heteroatoms. The number of ether oxygens (including phenoxy) is 1. The highest BCUT2D eigenvalue weighted by Gasteiger charge is 2.06. The number of benzene rings is 1. The van der Waals surface area contributed by atoms with Crippen molar-refractivity contribution in [1.29, 1.82) is 0 Å². The van der Waals surface area contributed by atoms with Gasteiger partial charge in [-0.05, 0) is 24.4 Å². The predicted molar refractivity (Wildman–Crippen MR) is 61.2 cm³/mol. The van der Waals surface area contributed by atoms with Gasteiger partial charge < -0.3 is 9.72 Å². The molecule has 0 atom stereocenters. The van der Waals surface area contributed by atoms with Gasteiger partial charge in [-0.1, -0.05) is 0 Å². The Balaban J connectivity index is 2.83. The van der Waals surface area contributed by atoms with Crippen molar-refractivity contribution >= 4 is 17.2 Å². The number of carbonyl (C=O) groups excluding carboxylic acids is 1. The van der Waals surface area contributed by atoms with E-state index in [9.17, 15) is 9.59 Å². The van der Waals surface area contributed by atoms with Gasteiger partial charge in [0.2, 0.25) is 0 Å². The number of aryl methyl sites for hydroxylation is 1. The summed E-state index contributed by atoms with van der Waals surface area (Å²) in [6.07, 6.45) is 0.735. The van der Waals surface area contributed by atoms with Crippen LogP contribution in [0.4, 0.5) is 0 Å². The van der Waals surface area contributed by atoms with Gasteiger partial charge in [0, 0.05) is 11.6 Å². The van der Waals surface area contributed by atoms with Gasteiger partial charge in [0.15, 0.2) is 6.29 Å². The van der Waals surface area contributed by atoms with Crippen molar-refractivity contribution in [2.75, 3.05) is 7.11 Å². The molecular formula is C12H11NO3. The lowest BCUT2D eigenvalue weighted by atomic mass is 10.1. The molecule has 1 heterocycles. The molecule has 0 fully saturated rings. The fourth-order valence-corrected chi connectivity index (χ4v) is 1.63. The zero-order valence-electron chi connectivity index (χ0n) is 9.03. The van der Waals surface area contributed by atoms with E-state index in [4.69, 9.17) is 4.74 Å². The number of H-pyrrole nitrogens is 1. The molecule has 2 rings (SSSR count). The van der Waals surface area contributed by atoms with Crippen molar-refractivity contribution in [2.24, 2.45) is 0 Å². The van der Waals surface area contributed by atoms with Crippen LogP contribution in [-0.2, 0) is 0 Å². The van der Waals surface area contributed by atoms with Crippen molar-refractivity contribution in [3.05, 3.63) is 39.7 Å². The molecule has 0 bridgehead atoms. The van der Waals surface area contributed by atoms with Crippen molar-refractivity contribution < 1.29 is 9.53 Å². The number of hydrogen-bond donors (Lipinski definition) is 1. The van der Waals surface area contributed by atoms with E-state index in [2.05, 4.69) is 4.98 Å². The Morgan fingerprint density at radius 1 is 1.31 bits per heavy atom. The number of aromatic amines is 1. The largest absolute Gasteiger partial charge is 0.496 e. The van der Waals surface area contributed by atoms with E-state index < -0.39 is 0 Å². The minimum absolute atomic E-state index is 0.131. The highest BCUT2D eigenvalue weighted by atomic mass is 16.5. The van der Waals surface area contributed by atoms with Crippen LogP contribution in [-0.4, -0.2) is 18.4 Å². The molecule has 1 aromatic carbocycles. The van der Waals surface area contributed by atoms with E-state index in [1.807, 2.05) is 0 Å². The fourth-order valence-electron chi connectivity index (χ4n) is 1.63. The van der Waals surface area contributed by atoms with E-state index in [1.54, 1.807) is 25.1 Å². The SMILES string of the molecule is COc1cc2[nH]c(=O)c(C)cc2cc1C=O. The molecule has 2 aromatic rings. The van der Waals surface area contributed by atoms with Gasteiger partial charge in [0.25, 0.3) is 5.56 Å². The summed E-state index contributed by atoms with van der Waals surface area (Å²) in [4.78, 5) is 25.0. The zero-order valence-corrected chi connectivity index (χ0v) is 9.03. The molecule has 0 spiro atoms. The molecule has 0 aliphatic heterocycles. The number of methoxy groups -OCH3 is 1. The van der Waals surface area contributed by atoms with Crippen LogP contribution in [0.5, 0.6) is 5.75 Å². The maximum absolute atomic E-state index is 11.4. The van der Waals surface area contributed by atoms with Gasteiger partial charge in [0.05, 0.1) is 18.2 Å². The molecule has 1 aromatic heterocycles. The number of hydrogen-bond acceptors (Lipinski definition) is 3. The van der Waals surface area contributed by atoms with E-state index in [-0.39, 0.29) is 5.56 Å². The first-order valence-electron chi connectivity index (χ1n) is 4.82. The van der Waals surface area contributed by atoms with Gasteiger partial charge >= 0.3 is 0 Å². The lowest BCUT2D eigenvalue weighted by Crippen LogP contribution is -2.08. The van der Waals surface area contributed by atoms with E-state index >= 15 is 0 Å². The first-order chi connectivity index (χ1) is 7.65. The van der Waals surface area contributed by atoms with Crippen LogP contribution in [0.1, 0.15) is 15.9 Å². The second-order valence-corrected chi connectivity index (χ2v) is 3.58. The van der Waals surface area contributed by atoms with E-state index in [0.29, 0.717) is 22.4 Å². The second-order valence-electron chi connectivity index (χ2n) is 3.58. The number of nitrogens with one attached hydrogen (secondary N) is 1. The number of aromatic nitrogens is 1. The maximum Gasteiger partial charge on any atom is 0.251 e. The van der Waals surface area contributed by atoms with Crippen molar-refractivity contribution in [3.8, 4) is 5.75 Å². The van der Waals surface area contributed by atoms with Gasteiger partial charge in [-0.25, -0.2) is 0 Å². The first-order valence-corrected chi connectivity index (χ1v) is 4.82. The minimum Gasteiger partial charge on any atom is -0.496 e. The third kappa shape index (κ3) is 1.58. The van der Waals surface area contributed by atoms with E-state index in [0.717, 1.165) is 11.7 Å². The lowest BCUT2D eigenvalue weighted by Gasteiger charge is -2.06. The summed E-state index contributed by atoms with van der Waals surface area (Å²) in [7, 11) is 1.49. The quantitative estimate of drug-likeness (QED) is 0.778. The van der Waals surface area contributed by atoms with E-state index in [1.165, 1.54) is 7.11 Å². The van der Waals surface area contributed by atoms with Crippen LogP contribution < -0.4 is 10.3 Å². The summed E-state index contributed by atoms with van der Waals surface area (Å²) in [5, 5.41) is 0.819. The molecule has 0 amide bonds. The third-order valence-electron chi connectivity index (χ3n) is 2.51. The summed E-state index contributed by atoms with van der Waals surface area (Å²) >= 11 is 0. The van der Waals surface area contributed by atoms with Crippen molar-refractivity contribution in [3.63, 3.8) is 0 Å². The molecule has 0 aliphatic carbocycles. The van der Waals surface area contributed by atoms with Crippen LogP contribution in [0.3, 0.4) is 0 Å². The topological polar surface area (TPSA) is 59.2 Å². The molecule has 1 N–H and O–H groups in total. The molecular weight excluding hydrogens is 206 g/mol. The average Bonchev–Trinajstić information content (AvgIpc) is 2.29. The first kappa shape index (κ1) is 10.4. The van der Waals surface area contributed by atoms with Crippen molar-refractivity contribution in [2.45, 2.75) is 6.92 Å². The fraction of sp³-hybridized carbons (Fsp3) is 0.167. The average molecular weight is 217 g/mol. The number of rotatable bonds is 2. The number of carbonyl (C=O) groups is 1. The smallest absolute Gasteiger partial charge is 0.251 e. The predicted octanol–water partition coefficient (Wildman–Crippen LogP) is 1.66. The Morgan fingerprint density at radius 3 is 2.69 bits per heavy atom. The van der Waals surface area contributed by atoms with Gasteiger partial charge in [-0.3, -0.25) is 9.59 Å². The molecule has 4 nitrogen and oxygen atoms in total. The highest BCUT2D eigenvalue weighted by Crippen LogP contribution is 2.22. The monoisotopic (exact) mass is 217 g/mol. The molecule has 16 heavy (non-hydrogen) atoms. The standard InChI is InChI=1S/C12H11NO3/c1-7-3-8-4-9(6-14)11(16-2)5-10(8)13-12(7)15/h3-6H,1-2H3,(H,13,15). The number of pyridine rings is 1. The van der Waals surface area contributed by atoms with Crippen molar-refractivity contribution in [1.82, 2.24) is 4.98 Å². The highest BCUT2D eigenvalue weighted by molar-refractivity contribution is 5.90. The third-order valence-corrected chi connectivity index (χ3v) is 2.51. The summed E-state index contributed by atoms with van der Waals surface area (Å²) in [6.45, 7) is 1.73. The lowest BCUT2D eigenvalue weighted by molar-refractivity contribution is 0.112. The van der Waals surface area contributed by atoms with Crippen LogP contribution in [0, 0.1) is 6.92 Å². The molecule has 0 unspecified atom stereocenters. The Hall–Kier alpha value is -2.10. The van der Waals surface area contributed by atoms with Crippen LogP contribution in [0.15, 0.2) is 23.0 Å². The summed E-state index contributed by atoms with van der Waals surface area (Å²) in [5.74, 6) is 0.460. The second kappa shape index (κ2) is 3.81. The maximum atomic E-state index is 11.4. The molecule has 0 saturated heterocycles. The molecule has 0 saturated carbocycles. The summed E-state index contributed by atoms with van der Waals surface area (Å²) in [5.41, 5.74) is 1.63. The Labute approximate surface area is 91.9 Å². The minimum atomic E-state index is -0.131. The molecule has 0 radical (unpaired) electrons. The van der Waals surface area contributed by atoms with Gasteiger partial charge in [0.1, 0.15) is 5.75 Å². The Morgan fingerprint density at radius 2 is 2.06 bits per heavy atom. The van der Waals surface area contributed by atoms with Crippen LogP contribution in [0.2, 0.25) is 0 Å². The summed E-state index contributed by atoms with van der Waals surface area (Å²) < 4.78 is 5.06. The zero-order chi connectivity index (χ0) is 11.7. The summed E-state index contributed by atoms with van der Waals surface area (Å²) in [6, 6.07) is 5.10. The normalized spacial score (nSPS) is 10.4. The number of aldehydes is 1. The van der Waals surface area contributed by atoms with Gasteiger partial charge in [-0.2, -0.15) is 0 Å². The molecule has 0 aliphatic rings. The molecule has 82 valence electrons. The number of fused-ring (bicyclic) bond motifs is 1. The van der Waals surface area contributed by atoms with Crippen LogP contribution in [0.25, 0.3) is 10.9 Å².